The standard InChI is InChI=1S/C15H22N2O2/c1-3-13-11-17(9-8-16-13)10-12-6-4-5-7-14(12)15(18)19-2/h4-7,13,16H,3,8-11H2,1-2H3/t13-/m1/s1. The van der Waals surface area contributed by atoms with E-state index in [4.69, 9.17) is 4.74 Å². The average Bonchev–Trinajstić information content (AvgIpc) is 2.47. The Hall–Kier alpha value is -1.39. The maximum atomic E-state index is 11.7. The summed E-state index contributed by atoms with van der Waals surface area (Å²) in [5.74, 6) is -0.252. The van der Waals surface area contributed by atoms with Crippen LogP contribution in [0.4, 0.5) is 0 Å². The molecule has 1 aliphatic rings. The molecule has 19 heavy (non-hydrogen) atoms. The summed E-state index contributed by atoms with van der Waals surface area (Å²) in [6.07, 6.45) is 1.13. The van der Waals surface area contributed by atoms with Crippen LogP contribution in [0.2, 0.25) is 0 Å². The van der Waals surface area contributed by atoms with Crippen molar-refractivity contribution in [1.29, 1.82) is 0 Å². The summed E-state index contributed by atoms with van der Waals surface area (Å²) >= 11 is 0. The molecule has 1 aromatic carbocycles. The summed E-state index contributed by atoms with van der Waals surface area (Å²) in [5, 5.41) is 3.50. The second kappa shape index (κ2) is 6.68. The average molecular weight is 262 g/mol. The minimum atomic E-state index is -0.252. The number of nitrogens with one attached hydrogen (secondary N) is 1. The minimum Gasteiger partial charge on any atom is -0.465 e. The van der Waals surface area contributed by atoms with Crippen molar-refractivity contribution in [3.05, 3.63) is 35.4 Å². The lowest BCUT2D eigenvalue weighted by Crippen LogP contribution is -2.49. The van der Waals surface area contributed by atoms with E-state index in [0.29, 0.717) is 11.6 Å². The molecule has 0 bridgehead atoms. The van der Waals surface area contributed by atoms with E-state index >= 15 is 0 Å². The van der Waals surface area contributed by atoms with E-state index < -0.39 is 0 Å². The van der Waals surface area contributed by atoms with Gasteiger partial charge in [-0.15, -0.1) is 0 Å². The molecule has 1 fully saturated rings. The first-order chi connectivity index (χ1) is 9.24. The molecule has 1 aliphatic heterocycles. The Kier molecular flexibility index (Phi) is 4.93. The molecule has 4 heteroatoms. The molecule has 1 atom stereocenters. The summed E-state index contributed by atoms with van der Waals surface area (Å²) in [6.45, 7) is 6.07. The highest BCUT2D eigenvalue weighted by atomic mass is 16.5. The zero-order valence-corrected chi connectivity index (χ0v) is 11.7. The van der Waals surface area contributed by atoms with Gasteiger partial charge in [-0.3, -0.25) is 4.90 Å². The number of ether oxygens (including phenoxy) is 1. The van der Waals surface area contributed by atoms with Gasteiger partial charge in [-0.25, -0.2) is 4.79 Å². The quantitative estimate of drug-likeness (QED) is 0.838. The third kappa shape index (κ3) is 3.55. The van der Waals surface area contributed by atoms with Crippen LogP contribution < -0.4 is 5.32 Å². The molecule has 1 aromatic rings. The van der Waals surface area contributed by atoms with Gasteiger partial charge in [0.2, 0.25) is 0 Å². The molecule has 4 nitrogen and oxygen atoms in total. The van der Waals surface area contributed by atoms with Gasteiger partial charge in [0.25, 0.3) is 0 Å². The third-order valence-corrected chi connectivity index (χ3v) is 3.65. The number of hydrogen-bond donors (Lipinski definition) is 1. The van der Waals surface area contributed by atoms with Crippen molar-refractivity contribution in [1.82, 2.24) is 10.2 Å². The molecule has 1 N–H and O–H groups in total. The molecule has 0 unspecified atom stereocenters. The SMILES string of the molecule is CC[C@@H]1CN(Cc2ccccc2C(=O)OC)CCN1. The number of methoxy groups -OCH3 is 1. The highest BCUT2D eigenvalue weighted by Gasteiger charge is 2.19. The molecule has 0 amide bonds. The zero-order chi connectivity index (χ0) is 13.7. The van der Waals surface area contributed by atoms with Crippen LogP contribution in [0.3, 0.4) is 0 Å². The van der Waals surface area contributed by atoms with E-state index in [1.165, 1.54) is 7.11 Å². The van der Waals surface area contributed by atoms with Gasteiger partial charge in [-0.2, -0.15) is 0 Å². The number of rotatable bonds is 4. The van der Waals surface area contributed by atoms with Crippen molar-refractivity contribution >= 4 is 5.97 Å². The van der Waals surface area contributed by atoms with Crippen molar-refractivity contribution in [3.63, 3.8) is 0 Å². The van der Waals surface area contributed by atoms with E-state index in [2.05, 4.69) is 17.1 Å². The second-order valence-corrected chi connectivity index (χ2v) is 4.94. The van der Waals surface area contributed by atoms with E-state index in [1.807, 2.05) is 24.3 Å². The predicted octanol–water partition coefficient (Wildman–Crippen LogP) is 1.66. The molecule has 1 saturated heterocycles. The number of carbonyl (C=O) groups excluding carboxylic acids is 1. The molecular formula is C15H22N2O2. The number of piperazine rings is 1. The number of carbonyl (C=O) groups is 1. The first-order valence-electron chi connectivity index (χ1n) is 6.86. The van der Waals surface area contributed by atoms with Crippen LogP contribution in [0.15, 0.2) is 24.3 Å². The van der Waals surface area contributed by atoms with Crippen molar-refractivity contribution in [2.45, 2.75) is 25.9 Å². The van der Waals surface area contributed by atoms with Crippen molar-refractivity contribution < 1.29 is 9.53 Å². The van der Waals surface area contributed by atoms with Crippen molar-refractivity contribution in [3.8, 4) is 0 Å². The molecule has 0 aromatic heterocycles. The van der Waals surface area contributed by atoms with Crippen LogP contribution in [0, 0.1) is 0 Å². The summed E-state index contributed by atoms with van der Waals surface area (Å²) in [4.78, 5) is 14.1. The summed E-state index contributed by atoms with van der Waals surface area (Å²) < 4.78 is 4.84. The van der Waals surface area contributed by atoms with Crippen LogP contribution in [0.1, 0.15) is 29.3 Å². The second-order valence-electron chi connectivity index (χ2n) is 4.94. The smallest absolute Gasteiger partial charge is 0.338 e. The summed E-state index contributed by atoms with van der Waals surface area (Å²) in [5.41, 5.74) is 1.72. The zero-order valence-electron chi connectivity index (χ0n) is 11.7. The maximum absolute atomic E-state index is 11.7. The van der Waals surface area contributed by atoms with Gasteiger partial charge in [0, 0.05) is 32.2 Å². The Bertz CT molecular complexity index is 434. The number of benzene rings is 1. The third-order valence-electron chi connectivity index (χ3n) is 3.65. The monoisotopic (exact) mass is 262 g/mol. The van der Waals surface area contributed by atoms with Gasteiger partial charge in [0.1, 0.15) is 0 Å². The molecule has 0 aliphatic carbocycles. The van der Waals surface area contributed by atoms with E-state index in [0.717, 1.165) is 38.2 Å². The minimum absolute atomic E-state index is 0.252. The van der Waals surface area contributed by atoms with Gasteiger partial charge >= 0.3 is 5.97 Å². The predicted molar refractivity (Wildman–Crippen MR) is 75.1 cm³/mol. The molecule has 1 heterocycles. The normalized spacial score (nSPS) is 20.2. The lowest BCUT2D eigenvalue weighted by atomic mass is 10.1. The van der Waals surface area contributed by atoms with Gasteiger partial charge in [-0.05, 0) is 18.1 Å². The summed E-state index contributed by atoms with van der Waals surface area (Å²) in [6, 6.07) is 8.25. The fourth-order valence-corrected chi connectivity index (χ4v) is 2.52. The lowest BCUT2D eigenvalue weighted by molar-refractivity contribution is 0.0598. The van der Waals surface area contributed by atoms with Crippen LogP contribution in [-0.4, -0.2) is 43.7 Å². The molecule has 104 valence electrons. The Morgan fingerprint density at radius 3 is 3.00 bits per heavy atom. The highest BCUT2D eigenvalue weighted by Crippen LogP contribution is 2.14. The van der Waals surface area contributed by atoms with Gasteiger partial charge in [-0.1, -0.05) is 25.1 Å². The van der Waals surface area contributed by atoms with Gasteiger partial charge in [0.05, 0.1) is 12.7 Å². The Balaban J connectivity index is 2.08. The Morgan fingerprint density at radius 2 is 2.26 bits per heavy atom. The fourth-order valence-electron chi connectivity index (χ4n) is 2.52. The fraction of sp³-hybridized carbons (Fsp3) is 0.533. The Morgan fingerprint density at radius 1 is 1.47 bits per heavy atom. The topological polar surface area (TPSA) is 41.6 Å². The maximum Gasteiger partial charge on any atom is 0.338 e. The van der Waals surface area contributed by atoms with E-state index in [9.17, 15) is 4.79 Å². The lowest BCUT2D eigenvalue weighted by Gasteiger charge is -2.33. The Labute approximate surface area is 114 Å². The van der Waals surface area contributed by atoms with Crippen molar-refractivity contribution in [2.75, 3.05) is 26.7 Å². The van der Waals surface area contributed by atoms with E-state index in [1.54, 1.807) is 0 Å². The molecule has 0 saturated carbocycles. The van der Waals surface area contributed by atoms with Crippen LogP contribution in [-0.2, 0) is 11.3 Å². The number of nitrogens with zero attached hydrogens (tertiary/aromatic N) is 1. The van der Waals surface area contributed by atoms with E-state index in [-0.39, 0.29) is 5.97 Å². The number of hydrogen-bond acceptors (Lipinski definition) is 4. The summed E-state index contributed by atoms with van der Waals surface area (Å²) in [7, 11) is 1.43. The van der Waals surface area contributed by atoms with Crippen molar-refractivity contribution in [2.24, 2.45) is 0 Å². The van der Waals surface area contributed by atoms with Gasteiger partial charge in [0.15, 0.2) is 0 Å². The molecule has 0 radical (unpaired) electrons. The molecular weight excluding hydrogens is 240 g/mol. The molecule has 0 spiro atoms. The number of esters is 1. The first-order valence-corrected chi connectivity index (χ1v) is 6.86. The highest BCUT2D eigenvalue weighted by molar-refractivity contribution is 5.90. The van der Waals surface area contributed by atoms with Crippen LogP contribution in [0.5, 0.6) is 0 Å². The molecule has 2 rings (SSSR count). The largest absolute Gasteiger partial charge is 0.465 e. The first kappa shape index (κ1) is 14.0. The van der Waals surface area contributed by atoms with Crippen LogP contribution in [0.25, 0.3) is 0 Å². The van der Waals surface area contributed by atoms with Gasteiger partial charge < -0.3 is 10.1 Å². The van der Waals surface area contributed by atoms with Crippen LogP contribution >= 0.6 is 0 Å².